The van der Waals surface area contributed by atoms with Gasteiger partial charge in [-0.1, -0.05) is 85.3 Å². The van der Waals surface area contributed by atoms with E-state index in [0.29, 0.717) is 11.6 Å². The number of halogens is 1. The van der Waals surface area contributed by atoms with Gasteiger partial charge in [0.1, 0.15) is 6.54 Å². The number of primary amides is 1. The summed E-state index contributed by atoms with van der Waals surface area (Å²) in [6.07, 6.45) is 0.928. The quantitative estimate of drug-likeness (QED) is 0.367. The number of hydrogen-bond donors (Lipinski definition) is 1. The summed E-state index contributed by atoms with van der Waals surface area (Å²) in [5.74, 6) is -0.442. The molecule has 0 bridgehead atoms. The number of nitrogens with two attached hydrogens (primary N) is 1. The zero-order valence-corrected chi connectivity index (χ0v) is 22.0. The van der Waals surface area contributed by atoms with Crippen molar-refractivity contribution < 1.29 is 4.79 Å². The lowest BCUT2D eigenvalue weighted by Crippen LogP contribution is -2.33. The van der Waals surface area contributed by atoms with E-state index in [1.165, 1.54) is 14.8 Å². The number of hydrazone groups is 1. The third kappa shape index (κ3) is 4.99. The Morgan fingerprint density at radius 3 is 2.37 bits per heavy atom. The van der Waals surface area contributed by atoms with Crippen LogP contribution in [0.5, 0.6) is 0 Å². The Hall–Kier alpha value is -4.17. The lowest BCUT2D eigenvalue weighted by Gasteiger charge is -2.16. The first-order valence-electron chi connectivity index (χ1n) is 12.6. The van der Waals surface area contributed by atoms with Gasteiger partial charge in [-0.3, -0.25) is 9.36 Å². The summed E-state index contributed by atoms with van der Waals surface area (Å²) in [7, 11) is 0. The van der Waals surface area contributed by atoms with Crippen LogP contribution in [-0.2, 0) is 17.8 Å². The summed E-state index contributed by atoms with van der Waals surface area (Å²) in [5.41, 5.74) is 10.1. The first kappa shape index (κ1) is 25.5. The number of anilines is 1. The molecule has 8 nitrogen and oxygen atoms in total. The summed E-state index contributed by atoms with van der Waals surface area (Å²) in [6.45, 7) is 4.15. The van der Waals surface area contributed by atoms with Crippen LogP contribution < -0.4 is 16.4 Å². The third-order valence-corrected chi connectivity index (χ3v) is 7.16. The highest BCUT2D eigenvalue weighted by atomic mass is 35.5. The molecule has 5 rings (SSSR count). The van der Waals surface area contributed by atoms with Gasteiger partial charge in [0.2, 0.25) is 11.9 Å². The van der Waals surface area contributed by atoms with Gasteiger partial charge in [-0.15, -0.1) is 5.10 Å². The second-order valence-electron chi connectivity index (χ2n) is 9.39. The molecular formula is C29H29ClN6O2. The van der Waals surface area contributed by atoms with Crippen molar-refractivity contribution in [3.8, 4) is 0 Å². The molecule has 9 heteroatoms. The van der Waals surface area contributed by atoms with Crippen molar-refractivity contribution in [2.45, 2.75) is 38.8 Å². The second kappa shape index (κ2) is 10.7. The van der Waals surface area contributed by atoms with Crippen LogP contribution in [0.1, 0.15) is 48.1 Å². The van der Waals surface area contributed by atoms with E-state index in [2.05, 4.69) is 19.1 Å². The molecule has 3 aromatic carbocycles. The lowest BCUT2D eigenvalue weighted by molar-refractivity contribution is -0.118. The zero-order valence-electron chi connectivity index (χ0n) is 21.3. The van der Waals surface area contributed by atoms with E-state index in [1.54, 1.807) is 5.01 Å². The van der Waals surface area contributed by atoms with Crippen molar-refractivity contribution in [2.75, 3.05) is 11.6 Å². The van der Waals surface area contributed by atoms with Gasteiger partial charge in [0.15, 0.2) is 0 Å². The normalized spacial score (nSPS) is 15.9. The molecule has 2 atom stereocenters. The summed E-state index contributed by atoms with van der Waals surface area (Å²) in [5, 5.41) is 11.9. The summed E-state index contributed by atoms with van der Waals surface area (Å²) in [4.78, 5) is 25.5. The molecule has 0 saturated carbocycles. The summed E-state index contributed by atoms with van der Waals surface area (Å²) in [6, 6.07) is 25.3. The fourth-order valence-electron chi connectivity index (χ4n) is 4.77. The number of nitrogens with zero attached hydrogens (tertiary/aromatic N) is 5. The predicted octanol–water partition coefficient (Wildman–Crippen LogP) is 4.36. The molecule has 0 unspecified atom stereocenters. The average molecular weight is 529 g/mol. The highest BCUT2D eigenvalue weighted by molar-refractivity contribution is 6.30. The SMILES string of the molecule is CCc1ccc([C@H](C)n2nc(N3C[C@@H](c4ccccc4)C(c4ccc(Cl)cc4)=N3)n(CC(N)=O)c2=O)cc1. The fraction of sp³-hybridized carbons (Fsp3) is 0.241. The molecule has 38 heavy (non-hydrogen) atoms. The maximum Gasteiger partial charge on any atom is 0.348 e. The maximum atomic E-state index is 13.5. The maximum absolute atomic E-state index is 13.5. The van der Waals surface area contributed by atoms with Gasteiger partial charge < -0.3 is 5.73 Å². The molecule has 0 radical (unpaired) electrons. The van der Waals surface area contributed by atoms with Crippen molar-refractivity contribution in [1.82, 2.24) is 14.3 Å². The van der Waals surface area contributed by atoms with Gasteiger partial charge in [0.25, 0.3) is 0 Å². The van der Waals surface area contributed by atoms with Gasteiger partial charge in [0, 0.05) is 10.9 Å². The number of aromatic nitrogens is 3. The molecule has 194 valence electrons. The molecule has 1 aliphatic heterocycles. The van der Waals surface area contributed by atoms with Crippen molar-refractivity contribution >= 4 is 29.2 Å². The van der Waals surface area contributed by atoms with Crippen LogP contribution in [0.3, 0.4) is 0 Å². The van der Waals surface area contributed by atoms with Crippen LogP contribution in [0.25, 0.3) is 0 Å². The van der Waals surface area contributed by atoms with E-state index in [-0.39, 0.29) is 24.5 Å². The Morgan fingerprint density at radius 2 is 1.74 bits per heavy atom. The van der Waals surface area contributed by atoms with Crippen LogP contribution in [0, 0.1) is 0 Å². The number of carbonyl (C=O) groups is 1. The average Bonchev–Trinajstić information content (AvgIpc) is 3.51. The molecular weight excluding hydrogens is 500 g/mol. The predicted molar refractivity (Wildman–Crippen MR) is 150 cm³/mol. The minimum absolute atomic E-state index is 0.0846. The number of aryl methyl sites for hydroxylation is 1. The first-order chi connectivity index (χ1) is 18.4. The monoisotopic (exact) mass is 528 g/mol. The topological polar surface area (TPSA) is 98.5 Å². The minimum Gasteiger partial charge on any atom is -0.368 e. The Kier molecular flexibility index (Phi) is 7.15. The number of benzene rings is 3. The van der Waals surface area contributed by atoms with E-state index >= 15 is 0 Å². The summed E-state index contributed by atoms with van der Waals surface area (Å²) < 4.78 is 2.70. The molecule has 1 aliphatic rings. The van der Waals surface area contributed by atoms with Crippen LogP contribution in [-0.4, -0.2) is 32.5 Å². The Balaban J connectivity index is 1.59. The van der Waals surface area contributed by atoms with Crippen LogP contribution in [0.15, 0.2) is 88.8 Å². The molecule has 0 fully saturated rings. The zero-order chi connectivity index (χ0) is 26.8. The van der Waals surface area contributed by atoms with Crippen molar-refractivity contribution in [3.05, 3.63) is 117 Å². The Morgan fingerprint density at radius 1 is 1.05 bits per heavy atom. The van der Waals surface area contributed by atoms with E-state index in [0.717, 1.165) is 28.8 Å². The second-order valence-corrected chi connectivity index (χ2v) is 9.82. The van der Waals surface area contributed by atoms with Crippen LogP contribution >= 0.6 is 11.6 Å². The fourth-order valence-corrected chi connectivity index (χ4v) is 4.89. The van der Waals surface area contributed by atoms with Gasteiger partial charge in [-0.2, -0.15) is 5.10 Å². The van der Waals surface area contributed by atoms with Gasteiger partial charge in [0.05, 0.1) is 18.3 Å². The number of rotatable bonds is 8. The number of hydrogen-bond acceptors (Lipinski definition) is 5. The van der Waals surface area contributed by atoms with Gasteiger partial charge >= 0.3 is 5.69 Å². The van der Waals surface area contributed by atoms with Crippen molar-refractivity contribution in [2.24, 2.45) is 10.8 Å². The molecule has 1 amide bonds. The van der Waals surface area contributed by atoms with Crippen LogP contribution in [0.4, 0.5) is 5.95 Å². The highest BCUT2D eigenvalue weighted by Gasteiger charge is 2.33. The number of amides is 1. The molecule has 4 aromatic rings. The van der Waals surface area contributed by atoms with Gasteiger partial charge in [-0.25, -0.2) is 14.5 Å². The smallest absolute Gasteiger partial charge is 0.348 e. The van der Waals surface area contributed by atoms with E-state index in [1.807, 2.05) is 73.7 Å². The Bertz CT molecular complexity index is 1520. The van der Waals surface area contributed by atoms with Crippen LogP contribution in [0.2, 0.25) is 5.02 Å². The van der Waals surface area contributed by atoms with Crippen molar-refractivity contribution in [1.29, 1.82) is 0 Å². The van der Waals surface area contributed by atoms with Gasteiger partial charge in [-0.05, 0) is 47.7 Å². The first-order valence-corrected chi connectivity index (χ1v) is 13.0. The van der Waals surface area contributed by atoms with Crippen molar-refractivity contribution in [3.63, 3.8) is 0 Å². The third-order valence-electron chi connectivity index (χ3n) is 6.90. The highest BCUT2D eigenvalue weighted by Crippen LogP contribution is 2.32. The molecule has 1 aromatic heterocycles. The summed E-state index contributed by atoms with van der Waals surface area (Å²) >= 11 is 6.14. The molecule has 2 N–H and O–H groups in total. The molecule has 0 aliphatic carbocycles. The largest absolute Gasteiger partial charge is 0.368 e. The molecule has 2 heterocycles. The molecule has 0 saturated heterocycles. The van der Waals surface area contributed by atoms with E-state index < -0.39 is 11.6 Å². The number of carbonyl (C=O) groups excluding carboxylic acids is 1. The Labute approximate surface area is 226 Å². The standard InChI is InChI=1S/C29H29ClN6O2/c1-3-20-9-11-21(12-10-20)19(2)36-29(38)34(18-26(31)37)28(33-36)35-17-25(22-7-5-4-6-8-22)27(32-35)23-13-15-24(30)16-14-23/h4-16,19,25H,3,17-18H2,1-2H3,(H2,31,37)/t19-,25-/m0/s1. The van der Waals surface area contributed by atoms with E-state index in [9.17, 15) is 9.59 Å². The molecule has 0 spiro atoms. The minimum atomic E-state index is -0.631. The lowest BCUT2D eigenvalue weighted by atomic mass is 9.91. The van der Waals surface area contributed by atoms with E-state index in [4.69, 9.17) is 27.5 Å².